The summed E-state index contributed by atoms with van der Waals surface area (Å²) in [6, 6.07) is 0. The van der Waals surface area contributed by atoms with Gasteiger partial charge in [-0.2, -0.15) is 0 Å². The molecule has 5 rings (SSSR count). The van der Waals surface area contributed by atoms with E-state index in [0.717, 1.165) is 51.2 Å². The Labute approximate surface area is 185 Å². The molecule has 0 aliphatic heterocycles. The highest BCUT2D eigenvalue weighted by Gasteiger charge is 2.23. The van der Waals surface area contributed by atoms with E-state index < -0.39 is 0 Å². The van der Waals surface area contributed by atoms with Crippen molar-refractivity contribution in [1.29, 1.82) is 0 Å². The summed E-state index contributed by atoms with van der Waals surface area (Å²) in [5.74, 6) is 1.08. The van der Waals surface area contributed by atoms with Gasteiger partial charge in [0, 0.05) is 16.3 Å². The lowest BCUT2D eigenvalue weighted by molar-refractivity contribution is 0.585. The summed E-state index contributed by atoms with van der Waals surface area (Å²) in [5.41, 5.74) is 2.19. The number of nitrogens with one attached hydrogen (secondary N) is 1. The number of H-pyrrole nitrogens is 1. The second-order valence-corrected chi connectivity index (χ2v) is 10.9. The lowest BCUT2D eigenvalue weighted by Gasteiger charge is -2.11. The van der Waals surface area contributed by atoms with Crippen molar-refractivity contribution >= 4 is 54.9 Å². The summed E-state index contributed by atoms with van der Waals surface area (Å²) in [6.45, 7) is 6.68. The Kier molecular flexibility index (Phi) is 5.07. The molecule has 0 saturated carbocycles. The van der Waals surface area contributed by atoms with E-state index >= 15 is 0 Å². The third-order valence-electron chi connectivity index (χ3n) is 5.66. The van der Waals surface area contributed by atoms with Crippen LogP contribution < -0.4 is 11.1 Å². The number of rotatable bonds is 5. The quantitative estimate of drug-likeness (QED) is 0.350. The lowest BCUT2D eigenvalue weighted by atomic mass is 10.2. The maximum atomic E-state index is 13.3. The van der Waals surface area contributed by atoms with Crippen molar-refractivity contribution in [1.82, 2.24) is 19.5 Å². The average Bonchev–Trinajstić information content (AvgIpc) is 3.36. The van der Waals surface area contributed by atoms with Gasteiger partial charge in [0.2, 0.25) is 0 Å². The van der Waals surface area contributed by atoms with Crippen molar-refractivity contribution in [3.05, 3.63) is 47.4 Å². The van der Waals surface area contributed by atoms with Crippen molar-refractivity contribution in [3.63, 3.8) is 0 Å². The van der Waals surface area contributed by atoms with Crippen LogP contribution in [0.2, 0.25) is 0 Å². The van der Waals surface area contributed by atoms with Crippen LogP contribution in [0.3, 0.4) is 0 Å². The number of hydrogen-bond acceptors (Lipinski definition) is 7. The van der Waals surface area contributed by atoms with E-state index in [1.54, 1.807) is 27.2 Å². The smallest absolute Gasteiger partial charge is 0.263 e. The maximum Gasteiger partial charge on any atom is 0.263 e. The molecule has 0 saturated heterocycles. The summed E-state index contributed by atoms with van der Waals surface area (Å²) < 4.78 is 1.80. The summed E-state index contributed by atoms with van der Waals surface area (Å²) in [6.07, 6.45) is 4.03. The topological polar surface area (TPSA) is 80.6 Å². The van der Waals surface area contributed by atoms with E-state index in [4.69, 9.17) is 4.98 Å². The van der Waals surface area contributed by atoms with Crippen molar-refractivity contribution in [3.8, 4) is 0 Å². The molecule has 1 N–H and O–H groups in total. The molecule has 156 valence electrons. The molecule has 0 bridgehead atoms. The maximum absolute atomic E-state index is 13.3. The SMILES string of the molecule is CCCn1c(SCc2nc3sc(C)c(C)c3c(=O)[nH]2)nc2sc3c(c2c1=O)CCC3. The number of aromatic nitrogens is 4. The highest BCUT2D eigenvalue weighted by atomic mass is 32.2. The van der Waals surface area contributed by atoms with Gasteiger partial charge in [-0.15, -0.1) is 22.7 Å². The molecule has 30 heavy (non-hydrogen) atoms. The molecule has 6 nitrogen and oxygen atoms in total. The molecule has 0 fully saturated rings. The molecule has 0 radical (unpaired) electrons. The van der Waals surface area contributed by atoms with Gasteiger partial charge in [-0.3, -0.25) is 14.2 Å². The average molecular weight is 459 g/mol. The van der Waals surface area contributed by atoms with Crippen molar-refractivity contribution < 1.29 is 0 Å². The first-order valence-electron chi connectivity index (χ1n) is 10.1. The van der Waals surface area contributed by atoms with Crippen LogP contribution in [-0.4, -0.2) is 19.5 Å². The summed E-state index contributed by atoms with van der Waals surface area (Å²) >= 11 is 4.68. The van der Waals surface area contributed by atoms with Crippen LogP contribution in [0.25, 0.3) is 20.4 Å². The zero-order chi connectivity index (χ0) is 21.0. The Morgan fingerprint density at radius 1 is 1.10 bits per heavy atom. The van der Waals surface area contributed by atoms with Gasteiger partial charge in [-0.25, -0.2) is 9.97 Å². The lowest BCUT2D eigenvalue weighted by Crippen LogP contribution is -2.23. The number of aromatic amines is 1. The second-order valence-electron chi connectivity index (χ2n) is 7.65. The minimum atomic E-state index is -0.0958. The van der Waals surface area contributed by atoms with Crippen LogP contribution in [0.1, 0.15) is 46.5 Å². The number of aryl methyl sites for hydroxylation is 4. The normalized spacial score (nSPS) is 13.6. The van der Waals surface area contributed by atoms with E-state index in [1.165, 1.54) is 22.2 Å². The van der Waals surface area contributed by atoms with Crippen LogP contribution in [0.4, 0.5) is 0 Å². The highest BCUT2D eigenvalue weighted by Crippen LogP contribution is 2.36. The minimum absolute atomic E-state index is 0.0742. The number of thioether (sulfide) groups is 1. The van der Waals surface area contributed by atoms with Gasteiger partial charge in [0.25, 0.3) is 11.1 Å². The van der Waals surface area contributed by atoms with Crippen LogP contribution in [0.5, 0.6) is 0 Å². The van der Waals surface area contributed by atoms with E-state index in [2.05, 4.69) is 16.9 Å². The van der Waals surface area contributed by atoms with Crippen LogP contribution in [-0.2, 0) is 25.1 Å². The fourth-order valence-electron chi connectivity index (χ4n) is 4.09. The number of hydrogen-bond donors (Lipinski definition) is 1. The molecule has 9 heteroatoms. The Hall–Kier alpha value is -1.97. The molecule has 0 unspecified atom stereocenters. The van der Waals surface area contributed by atoms with Crippen molar-refractivity contribution in [2.24, 2.45) is 0 Å². The Morgan fingerprint density at radius 3 is 2.70 bits per heavy atom. The first-order chi connectivity index (χ1) is 14.5. The second kappa shape index (κ2) is 7.62. The zero-order valence-electron chi connectivity index (χ0n) is 17.1. The van der Waals surface area contributed by atoms with Gasteiger partial charge in [0.05, 0.1) is 16.5 Å². The monoisotopic (exact) mass is 458 g/mol. The molecule has 4 aromatic heterocycles. The fraction of sp³-hybridized carbons (Fsp3) is 0.429. The van der Waals surface area contributed by atoms with Gasteiger partial charge >= 0.3 is 0 Å². The van der Waals surface area contributed by atoms with Gasteiger partial charge < -0.3 is 4.98 Å². The standard InChI is InChI=1S/C21H22N4O2S3/c1-4-8-25-20(27)16-12-6-5-7-13(12)30-19(16)24-21(25)28-9-14-22-17(26)15-10(2)11(3)29-18(15)23-14/h4-9H2,1-3H3,(H,22,23,26). The van der Waals surface area contributed by atoms with Crippen molar-refractivity contribution in [2.45, 2.75) is 63.9 Å². The van der Waals surface area contributed by atoms with Gasteiger partial charge in [-0.1, -0.05) is 18.7 Å². The summed E-state index contributed by atoms with van der Waals surface area (Å²) in [5, 5.41) is 2.21. The largest absolute Gasteiger partial charge is 0.309 e. The zero-order valence-corrected chi connectivity index (χ0v) is 19.6. The van der Waals surface area contributed by atoms with Gasteiger partial charge in [-0.05, 0) is 50.7 Å². The third-order valence-corrected chi connectivity index (χ3v) is 8.94. The van der Waals surface area contributed by atoms with Crippen LogP contribution in [0, 0.1) is 13.8 Å². The Bertz CT molecular complexity index is 1410. The predicted octanol–water partition coefficient (Wildman–Crippen LogP) is 4.56. The van der Waals surface area contributed by atoms with Crippen LogP contribution in [0.15, 0.2) is 14.7 Å². The van der Waals surface area contributed by atoms with Gasteiger partial charge in [0.1, 0.15) is 15.5 Å². The van der Waals surface area contributed by atoms with E-state index in [0.29, 0.717) is 28.7 Å². The predicted molar refractivity (Wildman–Crippen MR) is 125 cm³/mol. The molecule has 4 aromatic rings. The molecule has 0 atom stereocenters. The van der Waals surface area contributed by atoms with E-state index in [1.807, 2.05) is 13.8 Å². The molecular formula is C21H22N4O2S3. The molecule has 0 spiro atoms. The Morgan fingerprint density at radius 2 is 1.90 bits per heavy atom. The van der Waals surface area contributed by atoms with Crippen LogP contribution >= 0.6 is 34.4 Å². The molecule has 1 aliphatic carbocycles. The number of thiophene rings is 2. The van der Waals surface area contributed by atoms with Gasteiger partial charge in [0.15, 0.2) is 5.16 Å². The first-order valence-corrected chi connectivity index (χ1v) is 12.8. The van der Waals surface area contributed by atoms with Crippen molar-refractivity contribution in [2.75, 3.05) is 0 Å². The fourth-order valence-corrected chi connectivity index (χ4v) is 7.34. The molecular weight excluding hydrogens is 436 g/mol. The Balaban J connectivity index is 1.54. The molecule has 1 aliphatic rings. The van der Waals surface area contributed by atoms with E-state index in [9.17, 15) is 9.59 Å². The minimum Gasteiger partial charge on any atom is -0.309 e. The molecule has 0 amide bonds. The summed E-state index contributed by atoms with van der Waals surface area (Å²) in [7, 11) is 0. The summed E-state index contributed by atoms with van der Waals surface area (Å²) in [4.78, 5) is 42.3. The first kappa shape index (κ1) is 20.0. The third kappa shape index (κ3) is 3.14. The number of fused-ring (bicyclic) bond motifs is 4. The molecule has 0 aromatic carbocycles. The number of nitrogens with zero attached hydrogens (tertiary/aromatic N) is 3. The highest BCUT2D eigenvalue weighted by molar-refractivity contribution is 7.98. The van der Waals surface area contributed by atoms with E-state index in [-0.39, 0.29) is 11.1 Å². The molecule has 4 heterocycles.